The highest BCUT2D eigenvalue weighted by Crippen LogP contribution is 2.32. The Hall–Kier alpha value is -3.90. The van der Waals surface area contributed by atoms with Gasteiger partial charge in [-0.3, -0.25) is 9.69 Å². The molecular formula is C31H34N4O2. The minimum Gasteiger partial charge on any atom is -0.494 e. The number of aromatic nitrogens is 1. The summed E-state index contributed by atoms with van der Waals surface area (Å²) in [5, 5.41) is 14.8. The minimum absolute atomic E-state index is 0.0303. The van der Waals surface area contributed by atoms with Crippen molar-refractivity contribution in [3.05, 3.63) is 95.1 Å². The Balaban J connectivity index is 1.51. The van der Waals surface area contributed by atoms with Gasteiger partial charge in [-0.05, 0) is 69.1 Å². The molecule has 1 aromatic heterocycles. The number of hydrogen-bond donors (Lipinski definition) is 3. The third-order valence-corrected chi connectivity index (χ3v) is 7.10. The number of rotatable bonds is 8. The van der Waals surface area contributed by atoms with Crippen LogP contribution < -0.4 is 5.32 Å². The van der Waals surface area contributed by atoms with E-state index in [4.69, 9.17) is 4.99 Å². The van der Waals surface area contributed by atoms with Gasteiger partial charge in [-0.2, -0.15) is 0 Å². The van der Waals surface area contributed by atoms with Crippen molar-refractivity contribution in [1.29, 1.82) is 0 Å². The lowest BCUT2D eigenvalue weighted by Gasteiger charge is -2.14. The van der Waals surface area contributed by atoms with Crippen molar-refractivity contribution in [1.82, 2.24) is 15.2 Å². The first-order chi connectivity index (χ1) is 18.0. The van der Waals surface area contributed by atoms with Crippen molar-refractivity contribution in [2.75, 3.05) is 13.1 Å². The topological polar surface area (TPSA) is 80.7 Å². The van der Waals surface area contributed by atoms with Gasteiger partial charge in [0, 0.05) is 34.6 Å². The number of nitrogens with zero attached hydrogens (tertiary/aromatic N) is 2. The van der Waals surface area contributed by atoms with E-state index in [1.807, 2.05) is 62.4 Å². The van der Waals surface area contributed by atoms with Crippen molar-refractivity contribution in [3.8, 4) is 5.88 Å². The second kappa shape index (κ2) is 11.0. The largest absolute Gasteiger partial charge is 0.494 e. The lowest BCUT2D eigenvalue weighted by atomic mass is 10.00. The smallest absolute Gasteiger partial charge is 0.251 e. The number of benzene rings is 3. The molecule has 3 aromatic carbocycles. The Bertz CT molecular complexity index is 1400. The van der Waals surface area contributed by atoms with E-state index in [9.17, 15) is 9.90 Å². The molecular weight excluding hydrogens is 460 g/mol. The molecule has 6 heteroatoms. The van der Waals surface area contributed by atoms with Gasteiger partial charge >= 0.3 is 0 Å². The van der Waals surface area contributed by atoms with Gasteiger partial charge in [0.05, 0.1) is 17.0 Å². The summed E-state index contributed by atoms with van der Waals surface area (Å²) in [7, 11) is 0. The predicted octanol–water partition coefficient (Wildman–Crippen LogP) is 6.17. The first-order valence-electron chi connectivity index (χ1n) is 13.1. The predicted molar refractivity (Wildman–Crippen MR) is 150 cm³/mol. The van der Waals surface area contributed by atoms with Crippen molar-refractivity contribution >= 4 is 28.2 Å². The summed E-state index contributed by atoms with van der Waals surface area (Å²) >= 11 is 0. The summed E-state index contributed by atoms with van der Waals surface area (Å²) in [6.45, 7) is 7.31. The van der Waals surface area contributed by atoms with Gasteiger partial charge < -0.3 is 15.4 Å². The summed E-state index contributed by atoms with van der Waals surface area (Å²) in [5.74, 6) is -0.0967. The number of fused-ring (bicyclic) bond motifs is 1. The third kappa shape index (κ3) is 5.59. The Morgan fingerprint density at radius 3 is 2.46 bits per heavy atom. The summed E-state index contributed by atoms with van der Waals surface area (Å²) < 4.78 is 0. The maximum Gasteiger partial charge on any atom is 0.251 e. The van der Waals surface area contributed by atoms with E-state index in [-0.39, 0.29) is 17.8 Å². The highest BCUT2D eigenvalue weighted by molar-refractivity contribution is 6.22. The number of aromatic hydroxyl groups is 1. The molecule has 2 heterocycles. The van der Waals surface area contributed by atoms with E-state index in [0.717, 1.165) is 29.6 Å². The molecule has 0 unspecified atom stereocenters. The highest BCUT2D eigenvalue weighted by Gasteiger charge is 2.20. The van der Waals surface area contributed by atoms with Gasteiger partial charge in [0.15, 0.2) is 5.88 Å². The number of H-pyrrole nitrogens is 1. The zero-order valence-electron chi connectivity index (χ0n) is 21.5. The highest BCUT2D eigenvalue weighted by atomic mass is 16.3. The second-order valence-electron chi connectivity index (χ2n) is 9.87. The van der Waals surface area contributed by atoms with Crippen LogP contribution in [0.15, 0.2) is 77.8 Å². The molecule has 5 rings (SSSR count). The number of carbonyl (C=O) groups excluding carboxylic acids is 1. The average molecular weight is 495 g/mol. The molecule has 4 aromatic rings. The fourth-order valence-corrected chi connectivity index (χ4v) is 4.84. The van der Waals surface area contributed by atoms with Gasteiger partial charge in [-0.1, -0.05) is 55.5 Å². The Morgan fingerprint density at radius 2 is 1.76 bits per heavy atom. The molecule has 0 radical (unpaired) electrons. The molecule has 0 bridgehead atoms. The lowest BCUT2D eigenvalue weighted by Crippen LogP contribution is -2.31. The summed E-state index contributed by atoms with van der Waals surface area (Å²) in [6, 6.07) is 23.8. The Labute approximate surface area is 218 Å². The number of carbonyl (C=O) groups is 1. The minimum atomic E-state index is -0.127. The zero-order valence-corrected chi connectivity index (χ0v) is 21.5. The molecule has 1 amide bonds. The Kier molecular flexibility index (Phi) is 7.37. The van der Waals surface area contributed by atoms with Crippen LogP contribution in [0.1, 0.15) is 60.2 Å². The summed E-state index contributed by atoms with van der Waals surface area (Å²) in [6.07, 6.45) is 3.42. The van der Waals surface area contributed by atoms with E-state index < -0.39 is 0 Å². The maximum atomic E-state index is 12.7. The van der Waals surface area contributed by atoms with Crippen LogP contribution in [-0.2, 0) is 6.54 Å². The normalized spacial score (nSPS) is 15.2. The molecule has 1 atom stereocenters. The molecule has 1 fully saturated rings. The van der Waals surface area contributed by atoms with Crippen molar-refractivity contribution in [2.45, 2.75) is 45.7 Å². The number of likely N-dealkylation sites (tertiary alicyclic amines) is 1. The number of nitrogens with one attached hydrogen (secondary N) is 2. The number of aromatic amines is 1. The van der Waals surface area contributed by atoms with Crippen LogP contribution in [0.5, 0.6) is 5.88 Å². The quantitative estimate of drug-likeness (QED) is 0.256. The van der Waals surface area contributed by atoms with Crippen molar-refractivity contribution < 1.29 is 9.90 Å². The first kappa shape index (κ1) is 24.8. The van der Waals surface area contributed by atoms with E-state index in [0.29, 0.717) is 22.4 Å². The van der Waals surface area contributed by atoms with Gasteiger partial charge in [0.25, 0.3) is 5.91 Å². The first-order valence-corrected chi connectivity index (χ1v) is 13.1. The molecule has 6 nitrogen and oxygen atoms in total. The van der Waals surface area contributed by atoms with Crippen LogP contribution >= 0.6 is 0 Å². The van der Waals surface area contributed by atoms with Crippen molar-refractivity contribution in [2.24, 2.45) is 4.99 Å². The molecule has 0 saturated carbocycles. The Morgan fingerprint density at radius 1 is 1.03 bits per heavy atom. The molecule has 3 N–H and O–H groups in total. The van der Waals surface area contributed by atoms with Crippen LogP contribution in [-0.4, -0.2) is 45.7 Å². The van der Waals surface area contributed by atoms with Gasteiger partial charge in [-0.25, -0.2) is 4.99 Å². The maximum absolute atomic E-state index is 12.7. The summed E-state index contributed by atoms with van der Waals surface area (Å²) in [5.41, 5.74) is 5.53. The monoisotopic (exact) mass is 494 g/mol. The SMILES string of the molecule is CC[C@@H](C)NC(=O)c1ccc2c(C(=Nc3ccc(CN4CCCC4)cc3)c3ccccc3)c(O)[nH]c2c1. The van der Waals surface area contributed by atoms with Crippen LogP contribution in [0.2, 0.25) is 0 Å². The van der Waals surface area contributed by atoms with Crippen LogP contribution in [0.25, 0.3) is 10.9 Å². The molecule has 0 aliphatic carbocycles. The summed E-state index contributed by atoms with van der Waals surface area (Å²) in [4.78, 5) is 23.2. The third-order valence-electron chi connectivity index (χ3n) is 7.10. The van der Waals surface area contributed by atoms with Gasteiger partial charge in [0.2, 0.25) is 0 Å². The van der Waals surface area contributed by atoms with Gasteiger partial charge in [-0.15, -0.1) is 0 Å². The van der Waals surface area contributed by atoms with Crippen molar-refractivity contribution in [3.63, 3.8) is 0 Å². The van der Waals surface area contributed by atoms with Gasteiger partial charge in [0.1, 0.15) is 0 Å². The van der Waals surface area contributed by atoms with Crippen LogP contribution in [0.3, 0.4) is 0 Å². The molecule has 0 spiro atoms. The lowest BCUT2D eigenvalue weighted by molar-refractivity contribution is 0.0939. The van der Waals surface area contributed by atoms with E-state index >= 15 is 0 Å². The van der Waals surface area contributed by atoms with E-state index in [1.165, 1.54) is 31.5 Å². The standard InChI is InChI=1S/C31H34N4O2/c1-3-21(2)32-30(36)24-13-16-26-27(19-24)34-31(37)28(26)29(23-9-5-4-6-10-23)33-25-14-11-22(12-15-25)20-35-17-7-8-18-35/h4-6,9-16,19,21,34,37H,3,7-8,17-18,20H2,1-2H3,(H,32,36)/t21-/m1/s1. The van der Waals surface area contributed by atoms with E-state index in [2.05, 4.69) is 27.3 Å². The number of amides is 1. The molecule has 1 saturated heterocycles. The number of aliphatic imine (C=N–C) groups is 1. The molecule has 1 aliphatic heterocycles. The molecule has 1 aliphatic rings. The average Bonchev–Trinajstić information content (AvgIpc) is 3.55. The second-order valence-corrected chi connectivity index (χ2v) is 9.87. The molecule has 190 valence electrons. The van der Waals surface area contributed by atoms with E-state index in [1.54, 1.807) is 12.1 Å². The van der Waals surface area contributed by atoms with Crippen LogP contribution in [0, 0.1) is 0 Å². The molecule has 37 heavy (non-hydrogen) atoms. The number of hydrogen-bond acceptors (Lipinski definition) is 4. The fourth-order valence-electron chi connectivity index (χ4n) is 4.84. The zero-order chi connectivity index (χ0) is 25.8. The fraction of sp³-hybridized carbons (Fsp3) is 0.290. The van der Waals surface area contributed by atoms with Crippen LogP contribution in [0.4, 0.5) is 5.69 Å².